The summed E-state index contributed by atoms with van der Waals surface area (Å²) in [4.78, 5) is 30.4. The summed E-state index contributed by atoms with van der Waals surface area (Å²) >= 11 is 0. The summed E-state index contributed by atoms with van der Waals surface area (Å²) in [5, 5.41) is 0. The molecule has 0 unspecified atom stereocenters. The number of allylic oxidation sites excluding steroid dienone is 2. The van der Waals surface area contributed by atoms with Crippen LogP contribution in [-0.4, -0.2) is 28.3 Å². The Balaban J connectivity index is 2.04. The first-order chi connectivity index (χ1) is 11.5. The Morgan fingerprint density at radius 3 is 2.62 bits per heavy atom. The highest BCUT2D eigenvalue weighted by molar-refractivity contribution is 6.18. The maximum absolute atomic E-state index is 12.7. The van der Waals surface area contributed by atoms with Gasteiger partial charge in [-0.05, 0) is 31.1 Å². The Hall–Kier alpha value is -2.95. The van der Waals surface area contributed by atoms with E-state index < -0.39 is 17.5 Å². The van der Waals surface area contributed by atoms with Crippen molar-refractivity contribution in [1.82, 2.24) is 4.90 Å². The fraction of sp³-hybridized carbons (Fsp3) is 0.211. The molecule has 1 aromatic rings. The summed E-state index contributed by atoms with van der Waals surface area (Å²) in [6.45, 7) is 7.62. The van der Waals surface area contributed by atoms with Gasteiger partial charge in [0.15, 0.2) is 0 Å². The molecule has 5 nitrogen and oxygen atoms in total. The smallest absolute Gasteiger partial charge is 0.392 e. The number of benzene rings is 1. The third-order valence-corrected chi connectivity index (χ3v) is 4.20. The summed E-state index contributed by atoms with van der Waals surface area (Å²) in [5.74, 6) is -0.175. The van der Waals surface area contributed by atoms with Gasteiger partial charge in [-0.1, -0.05) is 49.1 Å². The first kappa shape index (κ1) is 15.9. The number of cyclic esters (lactones) is 1. The van der Waals surface area contributed by atoms with E-state index in [-0.39, 0.29) is 5.90 Å². The van der Waals surface area contributed by atoms with Gasteiger partial charge in [0.2, 0.25) is 5.90 Å². The first-order valence-electron chi connectivity index (χ1n) is 7.68. The predicted octanol–water partition coefficient (Wildman–Crippen LogP) is 3.39. The molecule has 0 aromatic heterocycles. The molecule has 5 heteroatoms. The van der Waals surface area contributed by atoms with Crippen LogP contribution in [0, 0.1) is 0 Å². The van der Waals surface area contributed by atoms with Gasteiger partial charge in [0.25, 0.3) is 5.91 Å². The van der Waals surface area contributed by atoms with E-state index in [1.807, 2.05) is 30.3 Å². The number of carbonyl (C=O) groups excluding carboxylic acids is 2. The standard InChI is InChI=1S/C19H18N2O3/c1-4-14-11-19(3)17(20-12-13-9-7-6-8-10-13)24-18(23)21(19)16(22)15(14)5-2/h4-11H,1,12H2,2-3H3/b15-5+,20-17?/t19-/m0/s1. The zero-order valence-electron chi connectivity index (χ0n) is 13.7. The molecule has 2 aliphatic rings. The highest BCUT2D eigenvalue weighted by Crippen LogP contribution is 2.37. The van der Waals surface area contributed by atoms with Crippen LogP contribution >= 0.6 is 0 Å². The molecule has 3 rings (SSSR count). The molecule has 0 aliphatic carbocycles. The highest BCUT2D eigenvalue weighted by Gasteiger charge is 2.55. The molecule has 2 amide bonds. The van der Waals surface area contributed by atoms with Gasteiger partial charge in [0, 0.05) is 5.57 Å². The lowest BCUT2D eigenvalue weighted by molar-refractivity contribution is -0.126. The van der Waals surface area contributed by atoms with Gasteiger partial charge in [-0.15, -0.1) is 0 Å². The summed E-state index contributed by atoms with van der Waals surface area (Å²) in [7, 11) is 0. The number of fused-ring (bicyclic) bond motifs is 1. The normalized spacial score (nSPS) is 26.4. The number of rotatable bonds is 3. The number of aliphatic imine (C=N–C) groups is 1. The van der Waals surface area contributed by atoms with Gasteiger partial charge in [0.05, 0.1) is 6.54 Å². The van der Waals surface area contributed by atoms with Crippen molar-refractivity contribution in [1.29, 1.82) is 0 Å². The maximum Gasteiger partial charge on any atom is 0.424 e. The Bertz CT molecular complexity index is 805. The lowest BCUT2D eigenvalue weighted by atomic mass is 9.88. The summed E-state index contributed by atoms with van der Waals surface area (Å²) < 4.78 is 5.30. The van der Waals surface area contributed by atoms with Crippen LogP contribution in [-0.2, 0) is 16.1 Å². The van der Waals surface area contributed by atoms with Crippen LogP contribution in [0.4, 0.5) is 4.79 Å². The van der Waals surface area contributed by atoms with Gasteiger partial charge < -0.3 is 4.74 Å². The molecule has 1 aromatic carbocycles. The second-order valence-electron chi connectivity index (χ2n) is 5.77. The van der Waals surface area contributed by atoms with E-state index in [0.717, 1.165) is 10.5 Å². The van der Waals surface area contributed by atoms with Crippen LogP contribution in [0.25, 0.3) is 0 Å². The summed E-state index contributed by atoms with van der Waals surface area (Å²) in [6.07, 6.45) is 4.37. The zero-order valence-corrected chi connectivity index (χ0v) is 13.7. The average molecular weight is 322 g/mol. The van der Waals surface area contributed by atoms with E-state index in [0.29, 0.717) is 17.7 Å². The lowest BCUT2D eigenvalue weighted by Crippen LogP contribution is -2.52. The SMILES string of the molecule is C=CC1=C[C@@]2(C)C(=NCc3ccccc3)OC(=O)N2C(=O)/C1=C/C. The number of amides is 2. The molecule has 0 bridgehead atoms. The molecular formula is C19H18N2O3. The van der Waals surface area contributed by atoms with Gasteiger partial charge in [-0.2, -0.15) is 0 Å². The van der Waals surface area contributed by atoms with E-state index in [2.05, 4.69) is 11.6 Å². The fourth-order valence-corrected chi connectivity index (χ4v) is 2.96. The van der Waals surface area contributed by atoms with Crippen LogP contribution in [0.2, 0.25) is 0 Å². The number of nitrogens with zero attached hydrogens (tertiary/aromatic N) is 2. The van der Waals surface area contributed by atoms with Crippen molar-refractivity contribution in [2.75, 3.05) is 0 Å². The number of ether oxygens (including phenoxy) is 1. The van der Waals surface area contributed by atoms with Crippen molar-refractivity contribution in [2.45, 2.75) is 25.9 Å². The van der Waals surface area contributed by atoms with Crippen LogP contribution in [0.15, 0.2) is 71.3 Å². The van der Waals surface area contributed by atoms with E-state index >= 15 is 0 Å². The quantitative estimate of drug-likeness (QED) is 0.801. The lowest BCUT2D eigenvalue weighted by Gasteiger charge is -2.33. The summed E-state index contributed by atoms with van der Waals surface area (Å²) in [5.41, 5.74) is 1.07. The second kappa shape index (κ2) is 5.92. The minimum Gasteiger partial charge on any atom is -0.392 e. The topological polar surface area (TPSA) is 59.0 Å². The maximum atomic E-state index is 12.7. The molecular weight excluding hydrogens is 304 g/mol. The van der Waals surface area contributed by atoms with Gasteiger partial charge in [-0.25, -0.2) is 14.7 Å². The molecule has 0 N–H and O–H groups in total. The number of imide groups is 1. The van der Waals surface area contributed by atoms with Crippen LogP contribution in [0.5, 0.6) is 0 Å². The predicted molar refractivity (Wildman–Crippen MR) is 91.4 cm³/mol. The Labute approximate surface area is 140 Å². The fourth-order valence-electron chi connectivity index (χ4n) is 2.96. The van der Waals surface area contributed by atoms with Crippen molar-refractivity contribution in [2.24, 2.45) is 4.99 Å². The molecule has 122 valence electrons. The van der Waals surface area contributed by atoms with Crippen molar-refractivity contribution in [3.8, 4) is 0 Å². The molecule has 1 atom stereocenters. The van der Waals surface area contributed by atoms with E-state index in [9.17, 15) is 9.59 Å². The van der Waals surface area contributed by atoms with Crippen molar-refractivity contribution < 1.29 is 14.3 Å². The molecule has 1 fully saturated rings. The van der Waals surface area contributed by atoms with Crippen LogP contribution in [0.1, 0.15) is 19.4 Å². The second-order valence-corrected chi connectivity index (χ2v) is 5.77. The number of hydrogen-bond acceptors (Lipinski definition) is 4. The van der Waals surface area contributed by atoms with Crippen molar-refractivity contribution in [3.05, 3.63) is 71.8 Å². The summed E-state index contributed by atoms with van der Waals surface area (Å²) in [6, 6.07) is 9.64. The van der Waals surface area contributed by atoms with Crippen LogP contribution < -0.4 is 0 Å². The zero-order chi connectivity index (χ0) is 17.3. The average Bonchev–Trinajstić information content (AvgIpc) is 2.84. The molecule has 0 spiro atoms. The molecule has 24 heavy (non-hydrogen) atoms. The van der Waals surface area contributed by atoms with E-state index in [1.165, 1.54) is 0 Å². The van der Waals surface area contributed by atoms with Crippen LogP contribution in [0.3, 0.4) is 0 Å². The third-order valence-electron chi connectivity index (χ3n) is 4.20. The van der Waals surface area contributed by atoms with Gasteiger partial charge in [0.1, 0.15) is 5.54 Å². The number of carbonyl (C=O) groups is 2. The minimum atomic E-state index is -1.03. The largest absolute Gasteiger partial charge is 0.424 e. The molecule has 0 saturated carbocycles. The van der Waals surface area contributed by atoms with E-state index in [1.54, 1.807) is 32.1 Å². The molecule has 0 radical (unpaired) electrons. The number of hydrogen-bond donors (Lipinski definition) is 0. The Morgan fingerprint density at radius 2 is 2.00 bits per heavy atom. The van der Waals surface area contributed by atoms with Crippen molar-refractivity contribution >= 4 is 17.9 Å². The van der Waals surface area contributed by atoms with Gasteiger partial charge in [-0.3, -0.25) is 4.79 Å². The van der Waals surface area contributed by atoms with Crippen molar-refractivity contribution in [3.63, 3.8) is 0 Å². The molecule has 2 aliphatic heterocycles. The Morgan fingerprint density at radius 1 is 1.29 bits per heavy atom. The first-order valence-corrected chi connectivity index (χ1v) is 7.68. The third kappa shape index (κ3) is 2.38. The Kier molecular flexibility index (Phi) is 3.93. The molecule has 2 heterocycles. The monoisotopic (exact) mass is 322 g/mol. The molecule has 1 saturated heterocycles. The minimum absolute atomic E-state index is 0.221. The van der Waals surface area contributed by atoms with E-state index in [4.69, 9.17) is 4.74 Å². The van der Waals surface area contributed by atoms with Gasteiger partial charge >= 0.3 is 6.09 Å². The highest BCUT2D eigenvalue weighted by atomic mass is 16.6.